The summed E-state index contributed by atoms with van der Waals surface area (Å²) in [5, 5.41) is 10.5. The molecule has 0 saturated heterocycles. The number of esters is 1. The third kappa shape index (κ3) is 4.63. The van der Waals surface area contributed by atoms with Crippen molar-refractivity contribution in [2.24, 2.45) is 0 Å². The lowest BCUT2D eigenvalue weighted by Gasteiger charge is -2.13. The van der Waals surface area contributed by atoms with Crippen LogP contribution in [0, 0.1) is 5.82 Å². The van der Waals surface area contributed by atoms with Gasteiger partial charge in [0.15, 0.2) is 0 Å². The highest BCUT2D eigenvalue weighted by Crippen LogP contribution is 2.36. The lowest BCUT2D eigenvalue weighted by Crippen LogP contribution is -2.19. The maximum atomic E-state index is 14.3. The number of hydrogen-bond donors (Lipinski definition) is 2. The number of nitrogens with one attached hydrogen (secondary N) is 1. The fraction of sp³-hybridized carbons (Fsp3) is 0.208. The highest BCUT2D eigenvalue weighted by atomic mass is 19.1. The zero-order valence-corrected chi connectivity index (χ0v) is 18.4. The second-order valence-corrected chi connectivity index (χ2v) is 7.67. The van der Waals surface area contributed by atoms with E-state index in [1.807, 2.05) is 25.1 Å². The van der Waals surface area contributed by atoms with E-state index in [2.05, 4.69) is 19.7 Å². The van der Waals surface area contributed by atoms with Crippen LogP contribution >= 0.6 is 0 Å². The molecule has 2 aromatic heterocycles. The van der Waals surface area contributed by atoms with Gasteiger partial charge in [-0.25, -0.2) is 19.2 Å². The Balaban J connectivity index is 1.73. The Morgan fingerprint density at radius 3 is 2.76 bits per heavy atom. The number of nitrogens with zero attached hydrogens (tertiary/aromatic N) is 3. The van der Waals surface area contributed by atoms with Crippen molar-refractivity contribution in [3.05, 3.63) is 60.0 Å². The molecule has 8 nitrogen and oxygen atoms in total. The number of rotatable bonds is 7. The highest BCUT2D eigenvalue weighted by molar-refractivity contribution is 5.94. The summed E-state index contributed by atoms with van der Waals surface area (Å²) in [6, 6.07) is 11.2. The predicted octanol–water partition coefficient (Wildman–Crippen LogP) is 3.86. The van der Waals surface area contributed by atoms with E-state index in [1.54, 1.807) is 30.5 Å². The number of ether oxygens (including phenoxy) is 2. The van der Waals surface area contributed by atoms with Crippen LogP contribution in [-0.4, -0.2) is 65.3 Å². The molecule has 0 saturated carbocycles. The van der Waals surface area contributed by atoms with Crippen LogP contribution < -0.4 is 4.74 Å². The van der Waals surface area contributed by atoms with E-state index >= 15 is 0 Å². The number of methoxy groups -OCH3 is 1. The number of likely N-dealkylation sites (N-methyl/N-ethyl adjacent to an activating group) is 1. The van der Waals surface area contributed by atoms with Gasteiger partial charge in [-0.05, 0) is 50.0 Å². The summed E-state index contributed by atoms with van der Waals surface area (Å²) in [6.07, 6.45) is 1.66. The molecule has 0 amide bonds. The Morgan fingerprint density at radius 1 is 1.18 bits per heavy atom. The number of carbonyl (C=O) groups excluding carboxylic acids is 1. The van der Waals surface area contributed by atoms with Crippen LogP contribution in [0.25, 0.3) is 33.5 Å². The minimum Gasteiger partial charge on any atom is -0.507 e. The number of imidazole rings is 1. The molecular formula is C24H23FN4O4. The molecule has 4 rings (SSSR count). The van der Waals surface area contributed by atoms with Crippen LogP contribution in [0.1, 0.15) is 10.4 Å². The first-order chi connectivity index (χ1) is 15.9. The van der Waals surface area contributed by atoms with Crippen LogP contribution in [-0.2, 0) is 4.74 Å². The largest absolute Gasteiger partial charge is 0.507 e. The molecule has 33 heavy (non-hydrogen) atoms. The summed E-state index contributed by atoms with van der Waals surface area (Å²) in [5.41, 5.74) is 2.47. The lowest BCUT2D eigenvalue weighted by atomic mass is 10.0. The van der Waals surface area contributed by atoms with E-state index in [-0.39, 0.29) is 11.3 Å². The van der Waals surface area contributed by atoms with E-state index in [1.165, 1.54) is 19.2 Å². The average molecular weight is 450 g/mol. The van der Waals surface area contributed by atoms with Gasteiger partial charge in [0.05, 0.1) is 29.3 Å². The molecule has 0 unspecified atom stereocenters. The monoisotopic (exact) mass is 450 g/mol. The first kappa shape index (κ1) is 22.2. The van der Waals surface area contributed by atoms with Crippen LogP contribution in [0.2, 0.25) is 0 Å². The maximum absolute atomic E-state index is 14.3. The number of hydrogen-bond acceptors (Lipinski definition) is 7. The standard InChI is InChI=1S/C24H23FN4O4/c1-29(2)9-10-33-23-15(5-4-8-26-23)14-6-7-21(30)17(11-14)22-27-19-12-16(24(31)32-3)18(25)13-20(19)28-22/h4-8,11-13,30H,9-10H2,1-3H3,(H,27,28). The van der Waals surface area contributed by atoms with Gasteiger partial charge in [-0.3, -0.25) is 0 Å². The Labute approximate surface area is 189 Å². The minimum absolute atomic E-state index is 0.00886. The normalized spacial score (nSPS) is 11.2. The van der Waals surface area contributed by atoms with E-state index in [9.17, 15) is 14.3 Å². The number of aromatic nitrogens is 3. The third-order valence-corrected chi connectivity index (χ3v) is 5.09. The first-order valence-electron chi connectivity index (χ1n) is 10.2. The SMILES string of the molecule is COC(=O)c1cc2nc(-c3cc(-c4cccnc4OCCN(C)C)ccc3O)[nH]c2cc1F. The van der Waals surface area contributed by atoms with E-state index < -0.39 is 11.8 Å². The number of H-pyrrole nitrogens is 1. The van der Waals surface area contributed by atoms with Crippen molar-refractivity contribution in [1.82, 2.24) is 19.9 Å². The average Bonchev–Trinajstić information content (AvgIpc) is 3.21. The molecule has 2 N–H and O–H groups in total. The van der Waals surface area contributed by atoms with E-state index in [0.717, 1.165) is 17.7 Å². The summed E-state index contributed by atoms with van der Waals surface area (Å²) in [7, 11) is 5.10. The molecule has 9 heteroatoms. The molecule has 0 radical (unpaired) electrons. The molecule has 2 aromatic carbocycles. The lowest BCUT2D eigenvalue weighted by molar-refractivity contribution is 0.0595. The summed E-state index contributed by atoms with van der Waals surface area (Å²) < 4.78 is 24.8. The summed E-state index contributed by atoms with van der Waals surface area (Å²) >= 11 is 0. The first-order valence-corrected chi connectivity index (χ1v) is 10.2. The molecular weight excluding hydrogens is 427 g/mol. The van der Waals surface area contributed by atoms with Crippen molar-refractivity contribution in [1.29, 1.82) is 0 Å². The maximum Gasteiger partial charge on any atom is 0.340 e. The topological polar surface area (TPSA) is 101 Å². The quantitative estimate of drug-likeness (QED) is 0.412. The van der Waals surface area contributed by atoms with Crippen LogP contribution in [0.15, 0.2) is 48.7 Å². The fourth-order valence-electron chi connectivity index (χ4n) is 3.37. The molecule has 0 fully saturated rings. The van der Waals surface area contributed by atoms with Gasteiger partial charge in [-0.15, -0.1) is 0 Å². The Kier molecular flexibility index (Phi) is 6.23. The molecule has 170 valence electrons. The third-order valence-electron chi connectivity index (χ3n) is 5.09. The van der Waals surface area contributed by atoms with Crippen LogP contribution in [0.4, 0.5) is 4.39 Å². The van der Waals surface area contributed by atoms with E-state index in [4.69, 9.17) is 4.74 Å². The Bertz CT molecular complexity index is 1320. The predicted molar refractivity (Wildman–Crippen MR) is 122 cm³/mol. The van der Waals surface area contributed by atoms with Crippen LogP contribution in [0.5, 0.6) is 11.6 Å². The Morgan fingerprint density at radius 2 is 2.00 bits per heavy atom. The number of phenols is 1. The molecule has 0 aliphatic heterocycles. The second kappa shape index (κ2) is 9.25. The fourth-order valence-corrected chi connectivity index (χ4v) is 3.37. The molecule has 0 spiro atoms. The number of aromatic hydroxyl groups is 1. The summed E-state index contributed by atoms with van der Waals surface area (Å²) in [4.78, 5) is 25.6. The van der Waals surface area contributed by atoms with Crippen molar-refractivity contribution in [2.75, 3.05) is 34.4 Å². The van der Waals surface area contributed by atoms with Gasteiger partial charge in [-0.1, -0.05) is 6.07 Å². The number of phenolic OH excluding ortho intramolecular Hbond substituents is 1. The second-order valence-electron chi connectivity index (χ2n) is 7.67. The molecule has 0 aliphatic rings. The summed E-state index contributed by atoms with van der Waals surface area (Å²) in [6.45, 7) is 1.21. The van der Waals surface area contributed by atoms with Gasteiger partial charge in [0.25, 0.3) is 0 Å². The van der Waals surface area contributed by atoms with Gasteiger partial charge in [0, 0.05) is 24.4 Å². The van der Waals surface area contributed by atoms with Gasteiger partial charge in [0.2, 0.25) is 5.88 Å². The number of aromatic amines is 1. The van der Waals surface area contributed by atoms with Crippen molar-refractivity contribution in [2.45, 2.75) is 0 Å². The number of halogens is 1. The number of benzene rings is 2. The van der Waals surface area contributed by atoms with Crippen molar-refractivity contribution in [3.8, 4) is 34.1 Å². The van der Waals surface area contributed by atoms with Gasteiger partial charge in [0.1, 0.15) is 24.0 Å². The zero-order valence-electron chi connectivity index (χ0n) is 18.4. The zero-order chi connectivity index (χ0) is 23.5. The molecule has 0 bridgehead atoms. The summed E-state index contributed by atoms with van der Waals surface area (Å²) in [5.74, 6) is -0.722. The molecule has 2 heterocycles. The molecule has 0 aliphatic carbocycles. The van der Waals surface area contributed by atoms with Gasteiger partial charge < -0.3 is 24.5 Å². The molecule has 4 aromatic rings. The van der Waals surface area contributed by atoms with Crippen molar-refractivity contribution < 1.29 is 23.8 Å². The van der Waals surface area contributed by atoms with Crippen LogP contribution in [0.3, 0.4) is 0 Å². The van der Waals surface area contributed by atoms with E-state index in [0.29, 0.717) is 34.9 Å². The smallest absolute Gasteiger partial charge is 0.340 e. The number of carbonyl (C=O) groups is 1. The van der Waals surface area contributed by atoms with Gasteiger partial charge in [-0.2, -0.15) is 0 Å². The minimum atomic E-state index is -0.790. The van der Waals surface area contributed by atoms with Crippen molar-refractivity contribution >= 4 is 17.0 Å². The van der Waals surface area contributed by atoms with Crippen molar-refractivity contribution in [3.63, 3.8) is 0 Å². The Hall–Kier alpha value is -3.98. The number of pyridine rings is 1. The van der Waals surface area contributed by atoms with Gasteiger partial charge >= 0.3 is 5.97 Å². The number of fused-ring (bicyclic) bond motifs is 1. The molecule has 0 atom stereocenters. The highest BCUT2D eigenvalue weighted by Gasteiger charge is 2.18.